The van der Waals surface area contributed by atoms with Gasteiger partial charge in [0, 0.05) is 6.61 Å². The standard InChI is InChI=1S/C6H14O6S.Na/c1-2-10-3-4-11-5-6-12-13(7,8)9;/h2-6H2,1H3,(H,7,8,9);/q;+1/p-1. The van der Waals surface area contributed by atoms with Crippen molar-refractivity contribution in [3.8, 4) is 0 Å². The van der Waals surface area contributed by atoms with Crippen LogP contribution in [0.2, 0.25) is 0 Å². The first-order valence-corrected chi connectivity index (χ1v) is 5.15. The summed E-state index contributed by atoms with van der Waals surface area (Å²) in [6, 6.07) is 0. The molecule has 0 aliphatic rings. The van der Waals surface area contributed by atoms with Gasteiger partial charge in [-0.05, 0) is 6.92 Å². The first-order valence-electron chi connectivity index (χ1n) is 3.82. The molecule has 6 nitrogen and oxygen atoms in total. The molecule has 0 aromatic heterocycles. The Hall–Kier alpha value is 0.790. The van der Waals surface area contributed by atoms with Gasteiger partial charge in [0.05, 0.1) is 26.4 Å². The molecule has 0 N–H and O–H groups in total. The van der Waals surface area contributed by atoms with E-state index in [-0.39, 0.29) is 42.8 Å². The number of ether oxygens (including phenoxy) is 2. The van der Waals surface area contributed by atoms with Crippen LogP contribution in [0.4, 0.5) is 0 Å². The van der Waals surface area contributed by atoms with Crippen LogP contribution in [-0.4, -0.2) is 46.0 Å². The molecule has 0 aromatic carbocycles. The fourth-order valence-electron chi connectivity index (χ4n) is 0.559. The maximum absolute atomic E-state index is 9.91. The van der Waals surface area contributed by atoms with E-state index in [0.717, 1.165) is 0 Å². The number of hydrogen-bond acceptors (Lipinski definition) is 6. The quantitative estimate of drug-likeness (QED) is 0.188. The molecule has 0 fully saturated rings. The normalized spacial score (nSPS) is 11.0. The van der Waals surface area contributed by atoms with Crippen molar-refractivity contribution in [2.24, 2.45) is 0 Å². The van der Waals surface area contributed by atoms with Crippen LogP contribution in [0.25, 0.3) is 0 Å². The summed E-state index contributed by atoms with van der Waals surface area (Å²) in [5, 5.41) is 0. The monoisotopic (exact) mass is 236 g/mol. The molecule has 0 saturated heterocycles. The van der Waals surface area contributed by atoms with Gasteiger partial charge in [-0.2, -0.15) is 0 Å². The second-order valence-corrected chi connectivity index (χ2v) is 3.09. The molecular weight excluding hydrogens is 223 g/mol. The van der Waals surface area contributed by atoms with E-state index in [1.54, 1.807) is 0 Å². The van der Waals surface area contributed by atoms with Gasteiger partial charge in [0.25, 0.3) is 0 Å². The molecule has 0 bridgehead atoms. The van der Waals surface area contributed by atoms with E-state index in [0.29, 0.717) is 19.8 Å². The molecule has 0 unspecified atom stereocenters. The summed E-state index contributed by atoms with van der Waals surface area (Å²) >= 11 is 0. The van der Waals surface area contributed by atoms with Crippen molar-refractivity contribution in [1.29, 1.82) is 0 Å². The third-order valence-corrected chi connectivity index (χ3v) is 1.49. The van der Waals surface area contributed by atoms with E-state index in [2.05, 4.69) is 4.18 Å². The fourth-order valence-corrected chi connectivity index (χ4v) is 0.831. The van der Waals surface area contributed by atoms with E-state index in [9.17, 15) is 13.0 Å². The predicted molar refractivity (Wildman–Crippen MR) is 43.0 cm³/mol. The predicted octanol–water partition coefficient (Wildman–Crippen LogP) is -3.48. The second kappa shape index (κ2) is 10.3. The zero-order valence-electron chi connectivity index (χ0n) is 8.39. The van der Waals surface area contributed by atoms with Gasteiger partial charge >= 0.3 is 29.6 Å². The van der Waals surface area contributed by atoms with Crippen molar-refractivity contribution in [3.05, 3.63) is 0 Å². The Bertz CT molecular complexity index is 204. The van der Waals surface area contributed by atoms with E-state index < -0.39 is 10.4 Å². The Morgan fingerprint density at radius 2 is 1.57 bits per heavy atom. The van der Waals surface area contributed by atoms with Crippen molar-refractivity contribution in [2.75, 3.05) is 33.0 Å². The van der Waals surface area contributed by atoms with Crippen LogP contribution in [0.15, 0.2) is 0 Å². The van der Waals surface area contributed by atoms with Crippen LogP contribution < -0.4 is 29.6 Å². The minimum atomic E-state index is -4.58. The van der Waals surface area contributed by atoms with Gasteiger partial charge in [0.15, 0.2) is 0 Å². The van der Waals surface area contributed by atoms with Crippen molar-refractivity contribution < 1.29 is 56.2 Å². The summed E-state index contributed by atoms with van der Waals surface area (Å²) in [4.78, 5) is 0. The Morgan fingerprint density at radius 1 is 1.07 bits per heavy atom. The Morgan fingerprint density at radius 3 is 2.07 bits per heavy atom. The molecule has 0 saturated carbocycles. The average molecular weight is 236 g/mol. The second-order valence-electron chi connectivity index (χ2n) is 2.04. The van der Waals surface area contributed by atoms with Gasteiger partial charge in [-0.25, -0.2) is 8.42 Å². The van der Waals surface area contributed by atoms with E-state index in [1.165, 1.54) is 0 Å². The third kappa shape index (κ3) is 15.3. The minimum Gasteiger partial charge on any atom is -0.726 e. The number of rotatable bonds is 8. The zero-order valence-corrected chi connectivity index (χ0v) is 11.2. The van der Waals surface area contributed by atoms with Crippen molar-refractivity contribution in [1.82, 2.24) is 0 Å². The van der Waals surface area contributed by atoms with Gasteiger partial charge in [-0.1, -0.05) is 0 Å². The van der Waals surface area contributed by atoms with Crippen molar-refractivity contribution >= 4 is 10.4 Å². The molecule has 0 spiro atoms. The molecule has 0 aromatic rings. The molecule has 8 heteroatoms. The molecular formula is C6H13NaO6S. The Labute approximate surface area is 106 Å². The summed E-state index contributed by atoms with van der Waals surface area (Å²) < 4.78 is 43.4. The molecule has 0 aliphatic heterocycles. The van der Waals surface area contributed by atoms with E-state index >= 15 is 0 Å². The summed E-state index contributed by atoms with van der Waals surface area (Å²) in [6.07, 6.45) is 0. The van der Waals surface area contributed by atoms with Crippen LogP contribution >= 0.6 is 0 Å². The average Bonchev–Trinajstić information content (AvgIpc) is 2.01. The molecule has 0 amide bonds. The third-order valence-electron chi connectivity index (χ3n) is 1.03. The van der Waals surface area contributed by atoms with Gasteiger partial charge < -0.3 is 14.0 Å². The first kappa shape index (κ1) is 17.2. The summed E-state index contributed by atoms with van der Waals surface area (Å²) in [6.45, 7) is 3.07. The minimum absolute atomic E-state index is 0. The summed E-state index contributed by atoms with van der Waals surface area (Å²) in [7, 11) is -4.58. The maximum Gasteiger partial charge on any atom is 1.00 e. The van der Waals surface area contributed by atoms with Crippen LogP contribution in [0, 0.1) is 0 Å². The smallest absolute Gasteiger partial charge is 0.726 e. The molecule has 14 heavy (non-hydrogen) atoms. The van der Waals surface area contributed by atoms with Crippen molar-refractivity contribution in [3.63, 3.8) is 0 Å². The molecule has 0 heterocycles. The SMILES string of the molecule is CCOCCOCCOS(=O)(=O)[O-].[Na+]. The fraction of sp³-hybridized carbons (Fsp3) is 1.00. The molecule has 0 rings (SSSR count). The topological polar surface area (TPSA) is 84.9 Å². The first-order chi connectivity index (χ1) is 6.06. The molecule has 80 valence electrons. The van der Waals surface area contributed by atoms with Crippen LogP contribution in [0.1, 0.15) is 6.92 Å². The van der Waals surface area contributed by atoms with Crippen LogP contribution in [-0.2, 0) is 24.1 Å². The largest absolute Gasteiger partial charge is 1.00 e. The summed E-state index contributed by atoms with van der Waals surface area (Å²) in [5.41, 5.74) is 0. The van der Waals surface area contributed by atoms with Crippen LogP contribution in [0.5, 0.6) is 0 Å². The Balaban J connectivity index is 0. The van der Waals surface area contributed by atoms with E-state index in [4.69, 9.17) is 9.47 Å². The van der Waals surface area contributed by atoms with Gasteiger partial charge in [-0.3, -0.25) is 4.18 Å². The summed E-state index contributed by atoms with van der Waals surface area (Å²) in [5.74, 6) is 0. The zero-order chi connectivity index (χ0) is 10.2. The van der Waals surface area contributed by atoms with Crippen LogP contribution in [0.3, 0.4) is 0 Å². The number of hydrogen-bond donors (Lipinski definition) is 0. The van der Waals surface area contributed by atoms with Gasteiger partial charge in [0.1, 0.15) is 0 Å². The van der Waals surface area contributed by atoms with E-state index in [1.807, 2.05) is 6.92 Å². The molecule has 0 aliphatic carbocycles. The van der Waals surface area contributed by atoms with Crippen molar-refractivity contribution in [2.45, 2.75) is 6.92 Å². The molecule has 0 radical (unpaired) electrons. The maximum atomic E-state index is 9.91. The van der Waals surface area contributed by atoms with Gasteiger partial charge in [-0.15, -0.1) is 0 Å². The molecule has 0 atom stereocenters. The van der Waals surface area contributed by atoms with Gasteiger partial charge in [0.2, 0.25) is 10.4 Å². The Kier molecular flexibility index (Phi) is 12.7.